The van der Waals surface area contributed by atoms with Crippen molar-refractivity contribution in [3.05, 3.63) is 89.7 Å². The maximum absolute atomic E-state index is 13.4. The molecule has 0 aromatic heterocycles. The molecule has 3 aromatic rings. The molecule has 0 radical (unpaired) electrons. The fourth-order valence-electron chi connectivity index (χ4n) is 3.92. The zero-order chi connectivity index (χ0) is 24.9. The number of urea groups is 1. The number of ether oxygens (including phenoxy) is 1. The number of nitrogens with zero attached hydrogens (tertiary/aromatic N) is 2. The number of benzene rings is 3. The Balaban J connectivity index is 1.56. The molecule has 180 valence electrons. The minimum Gasteiger partial charge on any atom is -0.494 e. The van der Waals surface area contributed by atoms with Crippen molar-refractivity contribution in [2.75, 3.05) is 16.8 Å². The van der Waals surface area contributed by atoms with Crippen molar-refractivity contribution in [2.24, 2.45) is 0 Å². The maximum atomic E-state index is 13.4. The van der Waals surface area contributed by atoms with Crippen molar-refractivity contribution in [1.29, 1.82) is 0 Å². The van der Waals surface area contributed by atoms with Crippen LogP contribution in [0.3, 0.4) is 0 Å². The van der Waals surface area contributed by atoms with Crippen LogP contribution in [0.4, 0.5) is 20.6 Å². The fourth-order valence-corrected chi connectivity index (χ4v) is 3.92. The van der Waals surface area contributed by atoms with Gasteiger partial charge in [-0.1, -0.05) is 29.8 Å². The lowest BCUT2D eigenvalue weighted by molar-refractivity contribution is -0.124. The molecule has 0 unspecified atom stereocenters. The maximum Gasteiger partial charge on any atom is 0.332 e. The Morgan fingerprint density at radius 1 is 0.971 bits per heavy atom. The van der Waals surface area contributed by atoms with Crippen molar-refractivity contribution < 1.29 is 23.5 Å². The number of halogens is 1. The summed E-state index contributed by atoms with van der Waals surface area (Å²) in [5, 5.41) is 2.77. The number of nitrogens with one attached hydrogen (secondary N) is 1. The van der Waals surface area contributed by atoms with E-state index in [1.807, 2.05) is 26.0 Å². The fraction of sp³-hybridized carbons (Fsp3) is 0.222. The number of rotatable bonds is 8. The van der Waals surface area contributed by atoms with Gasteiger partial charge in [-0.15, -0.1) is 0 Å². The van der Waals surface area contributed by atoms with E-state index in [0.29, 0.717) is 29.3 Å². The summed E-state index contributed by atoms with van der Waals surface area (Å²) < 4.78 is 18.8. The Hall–Kier alpha value is -4.20. The molecular weight excluding hydrogens is 449 g/mol. The molecule has 1 saturated heterocycles. The third-order valence-electron chi connectivity index (χ3n) is 5.70. The highest BCUT2D eigenvalue weighted by Gasteiger charge is 2.46. The summed E-state index contributed by atoms with van der Waals surface area (Å²) in [6.45, 7) is 4.39. The van der Waals surface area contributed by atoms with Crippen LogP contribution in [-0.2, 0) is 16.1 Å². The number of anilines is 2. The Kier molecular flexibility index (Phi) is 7.10. The van der Waals surface area contributed by atoms with Crippen LogP contribution in [0.1, 0.15) is 24.5 Å². The van der Waals surface area contributed by atoms with Gasteiger partial charge in [0.05, 0.1) is 18.7 Å². The molecule has 3 aromatic carbocycles. The van der Waals surface area contributed by atoms with E-state index in [2.05, 4.69) is 5.32 Å². The van der Waals surface area contributed by atoms with Gasteiger partial charge in [0, 0.05) is 12.2 Å². The molecule has 0 spiro atoms. The Bertz CT molecular complexity index is 1210. The van der Waals surface area contributed by atoms with Gasteiger partial charge in [-0.25, -0.2) is 14.1 Å². The lowest BCUT2D eigenvalue weighted by Crippen LogP contribution is -2.37. The van der Waals surface area contributed by atoms with Gasteiger partial charge in [-0.3, -0.25) is 9.59 Å². The van der Waals surface area contributed by atoms with Crippen molar-refractivity contribution in [1.82, 2.24) is 4.90 Å². The first-order chi connectivity index (χ1) is 16.9. The van der Waals surface area contributed by atoms with Gasteiger partial charge in [0.1, 0.15) is 17.6 Å². The third kappa shape index (κ3) is 5.48. The van der Waals surface area contributed by atoms with E-state index < -0.39 is 29.7 Å². The predicted molar refractivity (Wildman–Crippen MR) is 131 cm³/mol. The number of hydrogen-bond donors (Lipinski definition) is 1. The zero-order valence-corrected chi connectivity index (χ0v) is 19.5. The molecule has 0 aliphatic carbocycles. The Morgan fingerprint density at radius 3 is 2.26 bits per heavy atom. The molecule has 0 saturated carbocycles. The number of hydrogen-bond acceptors (Lipinski definition) is 4. The summed E-state index contributed by atoms with van der Waals surface area (Å²) in [6.07, 6.45) is -0.221. The summed E-state index contributed by atoms with van der Waals surface area (Å²) in [7, 11) is 0. The Labute approximate surface area is 203 Å². The number of aryl methyl sites for hydroxylation is 1. The van der Waals surface area contributed by atoms with Gasteiger partial charge in [-0.2, -0.15) is 0 Å². The SMILES string of the molecule is CCOc1ccc(NC(=O)C[C@H]2C(=O)N(c3ccc(C)cc3)C(=O)N2Cc2ccc(F)cc2)cc1. The van der Waals surface area contributed by atoms with Gasteiger partial charge in [0.25, 0.3) is 5.91 Å². The highest BCUT2D eigenvalue weighted by atomic mass is 19.1. The lowest BCUT2D eigenvalue weighted by Gasteiger charge is -2.21. The van der Waals surface area contributed by atoms with E-state index in [4.69, 9.17) is 4.74 Å². The highest BCUT2D eigenvalue weighted by Crippen LogP contribution is 2.29. The van der Waals surface area contributed by atoms with E-state index in [9.17, 15) is 18.8 Å². The molecule has 1 N–H and O–H groups in total. The molecule has 0 bridgehead atoms. The number of amides is 4. The molecule has 1 atom stereocenters. The number of carbonyl (C=O) groups is 3. The molecule has 1 aliphatic heterocycles. The largest absolute Gasteiger partial charge is 0.494 e. The molecular formula is C27H26FN3O4. The average molecular weight is 476 g/mol. The van der Waals surface area contributed by atoms with Crippen LogP contribution in [0.5, 0.6) is 5.75 Å². The second-order valence-electron chi connectivity index (χ2n) is 8.27. The first kappa shape index (κ1) is 23.9. The smallest absolute Gasteiger partial charge is 0.332 e. The average Bonchev–Trinajstić information content (AvgIpc) is 3.06. The number of imide groups is 1. The summed E-state index contributed by atoms with van der Waals surface area (Å²) in [4.78, 5) is 42.0. The van der Waals surface area contributed by atoms with Crippen LogP contribution in [0.2, 0.25) is 0 Å². The van der Waals surface area contributed by atoms with Crippen LogP contribution in [0.25, 0.3) is 0 Å². The van der Waals surface area contributed by atoms with Crippen LogP contribution < -0.4 is 15.0 Å². The first-order valence-electron chi connectivity index (χ1n) is 11.3. The quantitative estimate of drug-likeness (QED) is 0.470. The molecule has 8 heteroatoms. The van der Waals surface area contributed by atoms with Gasteiger partial charge in [-0.05, 0) is 67.9 Å². The zero-order valence-electron chi connectivity index (χ0n) is 19.5. The summed E-state index contributed by atoms with van der Waals surface area (Å²) in [5.41, 5.74) is 2.62. The summed E-state index contributed by atoms with van der Waals surface area (Å²) in [5.74, 6) is -0.607. The predicted octanol–water partition coefficient (Wildman–Crippen LogP) is 4.90. The van der Waals surface area contributed by atoms with Gasteiger partial charge in [0.2, 0.25) is 5.91 Å². The van der Waals surface area contributed by atoms with Crippen LogP contribution >= 0.6 is 0 Å². The molecule has 1 aliphatic rings. The van der Waals surface area contributed by atoms with Gasteiger partial charge < -0.3 is 15.0 Å². The van der Waals surface area contributed by atoms with E-state index in [1.54, 1.807) is 48.5 Å². The van der Waals surface area contributed by atoms with Crippen molar-refractivity contribution in [3.63, 3.8) is 0 Å². The molecule has 35 heavy (non-hydrogen) atoms. The minimum atomic E-state index is -1.00. The monoisotopic (exact) mass is 475 g/mol. The molecule has 4 rings (SSSR count). The van der Waals surface area contributed by atoms with Crippen LogP contribution in [0.15, 0.2) is 72.8 Å². The van der Waals surface area contributed by atoms with E-state index in [0.717, 1.165) is 10.5 Å². The van der Waals surface area contributed by atoms with E-state index in [1.165, 1.54) is 17.0 Å². The van der Waals surface area contributed by atoms with Gasteiger partial charge >= 0.3 is 6.03 Å². The third-order valence-corrected chi connectivity index (χ3v) is 5.70. The van der Waals surface area contributed by atoms with Gasteiger partial charge in [0.15, 0.2) is 0 Å². The van der Waals surface area contributed by atoms with Crippen molar-refractivity contribution in [3.8, 4) is 5.75 Å². The topological polar surface area (TPSA) is 79.0 Å². The standard InChI is InChI=1S/C27H26FN3O4/c1-3-35-23-14-10-21(11-15-23)29-25(32)16-24-26(33)31(22-12-4-18(2)5-13-22)27(34)30(24)17-19-6-8-20(28)9-7-19/h4-15,24H,3,16-17H2,1-2H3,(H,29,32)/t24-/m0/s1. The summed E-state index contributed by atoms with van der Waals surface area (Å²) in [6, 6.07) is 18.1. The lowest BCUT2D eigenvalue weighted by atomic mass is 10.1. The highest BCUT2D eigenvalue weighted by molar-refractivity contribution is 6.22. The molecule has 1 heterocycles. The van der Waals surface area contributed by atoms with E-state index >= 15 is 0 Å². The second-order valence-corrected chi connectivity index (χ2v) is 8.27. The molecule has 1 fully saturated rings. The van der Waals surface area contributed by atoms with E-state index in [-0.39, 0.29) is 13.0 Å². The first-order valence-corrected chi connectivity index (χ1v) is 11.3. The normalized spacial score (nSPS) is 15.5. The molecule has 4 amide bonds. The van der Waals surface area contributed by atoms with Crippen molar-refractivity contribution in [2.45, 2.75) is 32.9 Å². The van der Waals surface area contributed by atoms with Crippen LogP contribution in [-0.4, -0.2) is 35.4 Å². The molecule has 7 nitrogen and oxygen atoms in total. The minimum absolute atomic E-state index is 0.0637. The van der Waals surface area contributed by atoms with Crippen molar-refractivity contribution >= 4 is 29.2 Å². The number of carbonyl (C=O) groups excluding carboxylic acids is 3. The second kappa shape index (κ2) is 10.4. The van der Waals surface area contributed by atoms with Crippen LogP contribution in [0, 0.1) is 12.7 Å². The summed E-state index contributed by atoms with van der Waals surface area (Å²) >= 11 is 0. The Morgan fingerprint density at radius 2 is 1.63 bits per heavy atom.